The average Bonchev–Trinajstić information content (AvgIpc) is 2.54. The van der Waals surface area contributed by atoms with Gasteiger partial charge in [-0.1, -0.05) is 12.1 Å². The molecule has 1 aromatic rings. The Morgan fingerprint density at radius 1 is 1.12 bits per heavy atom. The third kappa shape index (κ3) is 8.69. The van der Waals surface area contributed by atoms with Crippen molar-refractivity contribution < 1.29 is 29.0 Å². The molecule has 0 aliphatic heterocycles. The SMILES string of the molecule is NN=Cc1ccc(NC(=O)CCC(=O)NCOC(=O)CC(=O)O)cc1. The van der Waals surface area contributed by atoms with Crippen molar-refractivity contribution in [1.29, 1.82) is 0 Å². The van der Waals surface area contributed by atoms with Gasteiger partial charge in [0.2, 0.25) is 11.8 Å². The monoisotopic (exact) mass is 350 g/mol. The number of benzene rings is 1. The third-order valence-corrected chi connectivity index (χ3v) is 2.80. The van der Waals surface area contributed by atoms with Crippen LogP contribution < -0.4 is 16.5 Å². The summed E-state index contributed by atoms with van der Waals surface area (Å²) in [4.78, 5) is 44.4. The van der Waals surface area contributed by atoms with Crippen LogP contribution in [0, 0.1) is 0 Å². The number of ether oxygens (including phenoxy) is 1. The van der Waals surface area contributed by atoms with Crippen LogP contribution in [-0.4, -0.2) is 41.8 Å². The number of nitrogens with two attached hydrogens (primary N) is 1. The van der Waals surface area contributed by atoms with Crippen molar-refractivity contribution in [1.82, 2.24) is 5.32 Å². The van der Waals surface area contributed by atoms with Crippen molar-refractivity contribution in [3.8, 4) is 0 Å². The molecule has 0 aliphatic carbocycles. The lowest BCUT2D eigenvalue weighted by molar-refractivity contribution is -0.152. The Morgan fingerprint density at radius 3 is 2.36 bits per heavy atom. The number of hydrogen-bond donors (Lipinski definition) is 4. The molecule has 0 aromatic heterocycles. The van der Waals surface area contributed by atoms with Gasteiger partial charge in [0.15, 0.2) is 6.73 Å². The molecule has 0 unspecified atom stereocenters. The molecule has 0 saturated carbocycles. The molecule has 0 aliphatic rings. The van der Waals surface area contributed by atoms with Crippen molar-refractivity contribution in [3.05, 3.63) is 29.8 Å². The maximum atomic E-state index is 11.7. The highest BCUT2D eigenvalue weighted by atomic mass is 16.5. The summed E-state index contributed by atoms with van der Waals surface area (Å²) in [5, 5.41) is 16.6. The van der Waals surface area contributed by atoms with Gasteiger partial charge in [-0.3, -0.25) is 19.2 Å². The van der Waals surface area contributed by atoms with Crippen molar-refractivity contribution in [2.45, 2.75) is 19.3 Å². The van der Waals surface area contributed by atoms with Crippen molar-refractivity contribution in [3.63, 3.8) is 0 Å². The van der Waals surface area contributed by atoms with E-state index < -0.39 is 31.0 Å². The van der Waals surface area contributed by atoms with Crippen molar-refractivity contribution >= 4 is 35.7 Å². The second kappa shape index (κ2) is 10.4. The molecule has 1 aromatic carbocycles. The predicted octanol–water partition coefficient (Wildman–Crippen LogP) is -0.211. The quantitative estimate of drug-likeness (QED) is 0.120. The van der Waals surface area contributed by atoms with Gasteiger partial charge in [-0.15, -0.1) is 0 Å². The van der Waals surface area contributed by atoms with E-state index in [0.29, 0.717) is 5.69 Å². The first-order valence-electron chi connectivity index (χ1n) is 7.18. The zero-order valence-corrected chi connectivity index (χ0v) is 13.2. The molecular weight excluding hydrogens is 332 g/mol. The molecule has 2 amide bonds. The molecule has 0 bridgehead atoms. The molecule has 0 fully saturated rings. The lowest BCUT2D eigenvalue weighted by atomic mass is 10.2. The second-order valence-electron chi connectivity index (χ2n) is 4.78. The topological polar surface area (TPSA) is 160 Å². The minimum Gasteiger partial charge on any atom is -0.481 e. The van der Waals surface area contributed by atoms with Crippen LogP contribution >= 0.6 is 0 Å². The number of carboxylic acids is 1. The fourth-order valence-corrected chi connectivity index (χ4v) is 1.65. The Balaban J connectivity index is 2.25. The number of hydrazone groups is 1. The van der Waals surface area contributed by atoms with Gasteiger partial charge < -0.3 is 26.3 Å². The number of carbonyl (C=O) groups is 4. The van der Waals surface area contributed by atoms with Crippen LogP contribution in [0.15, 0.2) is 29.4 Å². The lowest BCUT2D eigenvalue weighted by Gasteiger charge is -2.07. The van der Waals surface area contributed by atoms with E-state index in [-0.39, 0.29) is 18.7 Å². The van der Waals surface area contributed by atoms with E-state index in [1.54, 1.807) is 24.3 Å². The summed E-state index contributed by atoms with van der Waals surface area (Å²) in [6, 6.07) is 6.75. The highest BCUT2D eigenvalue weighted by molar-refractivity contribution is 5.93. The normalized spacial score (nSPS) is 10.2. The molecule has 10 heteroatoms. The first-order valence-corrected chi connectivity index (χ1v) is 7.18. The molecule has 0 atom stereocenters. The van der Waals surface area contributed by atoms with Crippen LogP contribution in [-0.2, 0) is 23.9 Å². The van der Waals surface area contributed by atoms with Crippen molar-refractivity contribution in [2.75, 3.05) is 12.0 Å². The van der Waals surface area contributed by atoms with Gasteiger partial charge in [0.1, 0.15) is 6.42 Å². The van der Waals surface area contributed by atoms with Gasteiger partial charge in [0, 0.05) is 18.5 Å². The molecule has 10 nitrogen and oxygen atoms in total. The van der Waals surface area contributed by atoms with Gasteiger partial charge >= 0.3 is 11.9 Å². The number of rotatable bonds is 9. The Labute approximate surface area is 143 Å². The van der Waals surface area contributed by atoms with E-state index in [0.717, 1.165) is 5.56 Å². The standard InChI is InChI=1S/C15H18N4O6/c16-18-8-10-1-3-11(4-2-10)19-13(21)6-5-12(20)17-9-25-15(24)7-14(22)23/h1-4,8H,5-7,9,16H2,(H,17,20)(H,19,21)(H,22,23). The smallest absolute Gasteiger partial charge is 0.318 e. The molecular formula is C15H18N4O6. The first-order chi connectivity index (χ1) is 11.9. The molecule has 5 N–H and O–H groups in total. The number of amides is 2. The van der Waals surface area contributed by atoms with Crippen LogP contribution in [0.1, 0.15) is 24.8 Å². The minimum atomic E-state index is -1.32. The van der Waals surface area contributed by atoms with Crippen LogP contribution in [0.4, 0.5) is 5.69 Å². The Morgan fingerprint density at radius 2 is 1.76 bits per heavy atom. The number of esters is 1. The van der Waals surface area contributed by atoms with Crippen LogP contribution in [0.5, 0.6) is 0 Å². The van der Waals surface area contributed by atoms with Gasteiger partial charge in [0.05, 0.1) is 6.21 Å². The number of nitrogens with one attached hydrogen (secondary N) is 2. The number of carboxylic acid groups (broad SMARTS) is 1. The fourth-order valence-electron chi connectivity index (χ4n) is 1.65. The van der Waals surface area contributed by atoms with E-state index in [1.807, 2.05) is 0 Å². The summed E-state index contributed by atoms with van der Waals surface area (Å²) in [7, 11) is 0. The van der Waals surface area contributed by atoms with Crippen LogP contribution in [0.25, 0.3) is 0 Å². The Hall–Kier alpha value is -3.43. The van der Waals surface area contributed by atoms with E-state index in [9.17, 15) is 19.2 Å². The maximum absolute atomic E-state index is 11.7. The maximum Gasteiger partial charge on any atom is 0.318 e. The van der Waals surface area contributed by atoms with Gasteiger partial charge in [-0.2, -0.15) is 5.10 Å². The Kier molecular flexibility index (Phi) is 8.13. The highest BCUT2D eigenvalue weighted by Crippen LogP contribution is 2.09. The average molecular weight is 350 g/mol. The van der Waals surface area contributed by atoms with Crippen LogP contribution in [0.3, 0.4) is 0 Å². The number of hydrogen-bond acceptors (Lipinski definition) is 7. The third-order valence-electron chi connectivity index (χ3n) is 2.80. The summed E-state index contributed by atoms with van der Waals surface area (Å²) in [5.74, 6) is 1.87. The van der Waals surface area contributed by atoms with E-state index in [2.05, 4.69) is 20.5 Å². The molecule has 1 rings (SSSR count). The second-order valence-corrected chi connectivity index (χ2v) is 4.78. The van der Waals surface area contributed by atoms with Gasteiger partial charge in [0.25, 0.3) is 0 Å². The van der Waals surface area contributed by atoms with Crippen molar-refractivity contribution in [2.24, 2.45) is 10.9 Å². The number of nitrogens with zero attached hydrogens (tertiary/aromatic N) is 1. The molecule has 25 heavy (non-hydrogen) atoms. The molecule has 0 spiro atoms. The predicted molar refractivity (Wildman–Crippen MR) is 87.4 cm³/mol. The van der Waals surface area contributed by atoms with E-state index in [1.165, 1.54) is 6.21 Å². The minimum absolute atomic E-state index is 0.0685. The van der Waals surface area contributed by atoms with Gasteiger partial charge in [-0.05, 0) is 17.7 Å². The number of aliphatic carboxylic acids is 1. The molecule has 0 saturated heterocycles. The highest BCUT2D eigenvalue weighted by Gasteiger charge is 2.10. The largest absolute Gasteiger partial charge is 0.481 e. The first kappa shape index (κ1) is 19.6. The zero-order valence-electron chi connectivity index (χ0n) is 13.2. The molecule has 0 heterocycles. The van der Waals surface area contributed by atoms with E-state index in [4.69, 9.17) is 10.9 Å². The summed E-state index contributed by atoms with van der Waals surface area (Å²) >= 11 is 0. The zero-order chi connectivity index (χ0) is 18.7. The number of carbonyl (C=O) groups excluding carboxylic acids is 3. The summed E-state index contributed by atoms with van der Waals surface area (Å²) in [6.45, 7) is -0.448. The summed E-state index contributed by atoms with van der Waals surface area (Å²) in [5.41, 5.74) is 1.33. The number of anilines is 1. The molecule has 0 radical (unpaired) electrons. The summed E-state index contributed by atoms with van der Waals surface area (Å²) < 4.78 is 4.49. The summed E-state index contributed by atoms with van der Waals surface area (Å²) in [6.07, 6.45) is 0.495. The molecule has 134 valence electrons. The lowest BCUT2D eigenvalue weighted by Crippen LogP contribution is -2.29. The Bertz CT molecular complexity index is 656. The van der Waals surface area contributed by atoms with Crippen LogP contribution in [0.2, 0.25) is 0 Å². The fraction of sp³-hybridized carbons (Fsp3) is 0.267. The van der Waals surface area contributed by atoms with Gasteiger partial charge in [-0.25, -0.2) is 0 Å². The van der Waals surface area contributed by atoms with E-state index >= 15 is 0 Å².